The second-order valence-corrected chi connectivity index (χ2v) is 5.72. The molecule has 5 heteroatoms. The minimum atomic E-state index is -0.145. The summed E-state index contributed by atoms with van der Waals surface area (Å²) in [5.41, 5.74) is 0. The zero-order chi connectivity index (χ0) is 16.5. The average molecular weight is 318 g/mol. The van der Waals surface area contributed by atoms with Gasteiger partial charge in [0, 0.05) is 19.6 Å². The highest BCUT2D eigenvalue weighted by atomic mass is 16.5. The van der Waals surface area contributed by atoms with E-state index in [1.807, 2.05) is 13.8 Å². The molecule has 0 aromatic carbocycles. The van der Waals surface area contributed by atoms with Crippen molar-refractivity contribution < 1.29 is 23.7 Å². The van der Waals surface area contributed by atoms with Gasteiger partial charge in [0.15, 0.2) is 0 Å². The Morgan fingerprint density at radius 1 is 0.818 bits per heavy atom. The van der Waals surface area contributed by atoms with E-state index in [2.05, 4.69) is 6.92 Å². The van der Waals surface area contributed by atoms with E-state index in [1.54, 1.807) is 0 Å². The fourth-order valence-electron chi connectivity index (χ4n) is 1.65. The summed E-state index contributed by atoms with van der Waals surface area (Å²) in [6.45, 7) is 10.5. The van der Waals surface area contributed by atoms with Crippen molar-refractivity contribution in [3.8, 4) is 0 Å². The van der Waals surface area contributed by atoms with Crippen molar-refractivity contribution in [3.63, 3.8) is 0 Å². The molecule has 0 rings (SSSR count). The van der Waals surface area contributed by atoms with Crippen molar-refractivity contribution in [2.75, 3.05) is 46.2 Å². The number of hydrogen-bond donors (Lipinski definition) is 0. The molecular formula is C17H34O5. The van der Waals surface area contributed by atoms with Gasteiger partial charge in [-0.3, -0.25) is 4.79 Å². The minimum Gasteiger partial charge on any atom is -0.465 e. The average Bonchev–Trinajstić information content (AvgIpc) is 2.49. The molecular weight excluding hydrogens is 284 g/mol. The number of carbonyl (C=O) groups excluding carboxylic acids is 1. The number of unbranched alkanes of at least 4 members (excludes halogenated alkanes) is 2. The first-order chi connectivity index (χ1) is 10.7. The maximum atomic E-state index is 11.3. The van der Waals surface area contributed by atoms with Crippen LogP contribution < -0.4 is 0 Å². The Hall–Kier alpha value is -0.650. The molecule has 0 radical (unpaired) electrons. The zero-order valence-corrected chi connectivity index (χ0v) is 14.6. The molecule has 0 aromatic heterocycles. The summed E-state index contributed by atoms with van der Waals surface area (Å²) in [6, 6.07) is 0. The first-order valence-corrected chi connectivity index (χ1v) is 8.55. The maximum Gasteiger partial charge on any atom is 0.305 e. The van der Waals surface area contributed by atoms with Crippen LogP contribution in [0.15, 0.2) is 0 Å². The Kier molecular flexibility index (Phi) is 16.2. The highest BCUT2D eigenvalue weighted by Gasteiger charge is 2.03. The fraction of sp³-hybridized carbons (Fsp3) is 0.941. The molecule has 22 heavy (non-hydrogen) atoms. The van der Waals surface area contributed by atoms with Crippen LogP contribution in [0.2, 0.25) is 0 Å². The van der Waals surface area contributed by atoms with Crippen molar-refractivity contribution in [2.45, 2.75) is 52.9 Å². The second-order valence-electron chi connectivity index (χ2n) is 5.72. The van der Waals surface area contributed by atoms with Crippen LogP contribution in [-0.4, -0.2) is 52.2 Å². The summed E-state index contributed by atoms with van der Waals surface area (Å²) >= 11 is 0. The van der Waals surface area contributed by atoms with Crippen LogP contribution in [0.5, 0.6) is 0 Å². The van der Waals surface area contributed by atoms with E-state index >= 15 is 0 Å². The van der Waals surface area contributed by atoms with Gasteiger partial charge in [-0.15, -0.1) is 0 Å². The highest BCUT2D eigenvalue weighted by molar-refractivity contribution is 5.69. The molecule has 5 nitrogen and oxygen atoms in total. The zero-order valence-electron chi connectivity index (χ0n) is 14.6. The van der Waals surface area contributed by atoms with Crippen LogP contribution >= 0.6 is 0 Å². The first-order valence-electron chi connectivity index (χ1n) is 8.55. The Morgan fingerprint density at radius 2 is 1.36 bits per heavy atom. The second kappa shape index (κ2) is 16.7. The Balaban J connectivity index is 3.09. The molecule has 132 valence electrons. The summed E-state index contributed by atoms with van der Waals surface area (Å²) in [5, 5.41) is 0. The maximum absolute atomic E-state index is 11.3. The van der Waals surface area contributed by atoms with Gasteiger partial charge in [0.2, 0.25) is 0 Å². The van der Waals surface area contributed by atoms with Crippen LogP contribution in [0, 0.1) is 5.92 Å². The number of hydrogen-bond acceptors (Lipinski definition) is 5. The van der Waals surface area contributed by atoms with Gasteiger partial charge in [-0.25, -0.2) is 0 Å². The van der Waals surface area contributed by atoms with E-state index in [0.29, 0.717) is 58.4 Å². The summed E-state index contributed by atoms with van der Waals surface area (Å²) in [5.74, 6) is 0.238. The molecule has 0 amide bonds. The Morgan fingerprint density at radius 3 is 1.91 bits per heavy atom. The van der Waals surface area contributed by atoms with E-state index in [4.69, 9.17) is 18.9 Å². The number of esters is 1. The summed E-state index contributed by atoms with van der Waals surface area (Å²) in [7, 11) is 0. The highest BCUT2D eigenvalue weighted by Crippen LogP contribution is 1.98. The van der Waals surface area contributed by atoms with Gasteiger partial charge in [-0.1, -0.05) is 33.6 Å². The molecule has 0 aliphatic heterocycles. The molecule has 0 fully saturated rings. The monoisotopic (exact) mass is 318 g/mol. The Bertz CT molecular complexity index is 243. The summed E-state index contributed by atoms with van der Waals surface area (Å²) in [6.07, 6.45) is 4.67. The molecule has 0 saturated heterocycles. The first kappa shape index (κ1) is 21.4. The smallest absolute Gasteiger partial charge is 0.305 e. The van der Waals surface area contributed by atoms with Crippen LogP contribution in [-0.2, 0) is 23.7 Å². The van der Waals surface area contributed by atoms with Gasteiger partial charge in [0.1, 0.15) is 0 Å². The lowest BCUT2D eigenvalue weighted by Gasteiger charge is -2.08. The number of carbonyl (C=O) groups is 1. The molecule has 0 saturated carbocycles. The number of ether oxygens (including phenoxy) is 4. The van der Waals surface area contributed by atoms with Crippen LogP contribution in [0.25, 0.3) is 0 Å². The molecule has 0 atom stereocenters. The van der Waals surface area contributed by atoms with Crippen LogP contribution in [0.3, 0.4) is 0 Å². The fourth-order valence-corrected chi connectivity index (χ4v) is 1.65. The van der Waals surface area contributed by atoms with Gasteiger partial charge >= 0.3 is 5.97 Å². The van der Waals surface area contributed by atoms with E-state index < -0.39 is 0 Å². The van der Waals surface area contributed by atoms with E-state index in [-0.39, 0.29) is 5.97 Å². The summed E-state index contributed by atoms with van der Waals surface area (Å²) < 4.78 is 21.3. The van der Waals surface area contributed by atoms with Crippen molar-refractivity contribution in [1.29, 1.82) is 0 Å². The molecule has 0 aromatic rings. The molecule has 0 heterocycles. The minimum absolute atomic E-state index is 0.145. The number of rotatable bonds is 16. The largest absolute Gasteiger partial charge is 0.465 e. The predicted octanol–water partition coefficient (Wildman–Crippen LogP) is 3.21. The molecule has 0 N–H and O–H groups in total. The van der Waals surface area contributed by atoms with Gasteiger partial charge in [0.05, 0.1) is 33.0 Å². The third-order valence-corrected chi connectivity index (χ3v) is 2.88. The van der Waals surface area contributed by atoms with E-state index in [0.717, 1.165) is 13.0 Å². The lowest BCUT2D eigenvalue weighted by molar-refractivity contribution is -0.145. The van der Waals surface area contributed by atoms with Crippen molar-refractivity contribution >= 4 is 5.97 Å². The van der Waals surface area contributed by atoms with Gasteiger partial charge < -0.3 is 18.9 Å². The van der Waals surface area contributed by atoms with Crippen molar-refractivity contribution in [2.24, 2.45) is 5.92 Å². The topological polar surface area (TPSA) is 54.0 Å². The normalized spacial score (nSPS) is 11.1. The molecule has 0 spiro atoms. The molecule has 0 bridgehead atoms. The lowest BCUT2D eigenvalue weighted by atomic mass is 10.2. The third-order valence-electron chi connectivity index (χ3n) is 2.88. The van der Waals surface area contributed by atoms with E-state index in [1.165, 1.54) is 12.8 Å². The SMILES string of the molecule is CCCCCOCCOCCOCCCC(=O)OCC(C)C. The summed E-state index contributed by atoms with van der Waals surface area (Å²) in [4.78, 5) is 11.3. The van der Waals surface area contributed by atoms with E-state index in [9.17, 15) is 4.79 Å². The lowest BCUT2D eigenvalue weighted by Crippen LogP contribution is -2.12. The molecule has 0 aliphatic rings. The molecule has 0 unspecified atom stereocenters. The van der Waals surface area contributed by atoms with Gasteiger partial charge in [-0.2, -0.15) is 0 Å². The van der Waals surface area contributed by atoms with Gasteiger partial charge in [0.25, 0.3) is 0 Å². The quantitative estimate of drug-likeness (QED) is 0.323. The van der Waals surface area contributed by atoms with Crippen LogP contribution in [0.1, 0.15) is 52.9 Å². The predicted molar refractivity (Wildman–Crippen MR) is 87.0 cm³/mol. The van der Waals surface area contributed by atoms with Crippen molar-refractivity contribution in [1.82, 2.24) is 0 Å². The van der Waals surface area contributed by atoms with Crippen LogP contribution in [0.4, 0.5) is 0 Å². The molecule has 0 aliphatic carbocycles. The standard InChI is InChI=1S/C17H34O5/c1-4-5-6-9-19-11-13-21-14-12-20-10-7-8-17(18)22-15-16(2)3/h16H,4-15H2,1-3H3. The third kappa shape index (κ3) is 17.4. The Labute approximate surface area is 135 Å². The van der Waals surface area contributed by atoms with Crippen molar-refractivity contribution in [3.05, 3.63) is 0 Å². The van der Waals surface area contributed by atoms with Gasteiger partial charge in [-0.05, 0) is 18.8 Å².